The minimum absolute atomic E-state index is 0.152. The van der Waals surface area contributed by atoms with Crippen molar-refractivity contribution in [3.63, 3.8) is 0 Å². The van der Waals surface area contributed by atoms with Gasteiger partial charge >= 0.3 is 0 Å². The summed E-state index contributed by atoms with van der Waals surface area (Å²) < 4.78 is 11.1. The van der Waals surface area contributed by atoms with Gasteiger partial charge in [0.1, 0.15) is 17.3 Å². The molecule has 1 aromatic carbocycles. The third-order valence-corrected chi connectivity index (χ3v) is 3.43. The second-order valence-corrected chi connectivity index (χ2v) is 5.82. The van der Waals surface area contributed by atoms with Crippen LogP contribution in [-0.2, 0) is 6.54 Å². The molecule has 0 radical (unpaired) electrons. The minimum Gasteiger partial charge on any atom is -0.491 e. The summed E-state index contributed by atoms with van der Waals surface area (Å²) in [6.07, 6.45) is -0.388. The van der Waals surface area contributed by atoms with E-state index in [0.29, 0.717) is 13.1 Å². The van der Waals surface area contributed by atoms with Crippen LogP contribution in [-0.4, -0.2) is 17.8 Å². The quantitative estimate of drug-likeness (QED) is 0.822. The highest BCUT2D eigenvalue weighted by Gasteiger charge is 2.09. The van der Waals surface area contributed by atoms with Crippen molar-refractivity contribution in [2.75, 3.05) is 6.54 Å². The molecule has 0 aliphatic carbocycles. The first-order valence-corrected chi connectivity index (χ1v) is 7.67. The van der Waals surface area contributed by atoms with Gasteiger partial charge in [0.05, 0.1) is 12.2 Å². The van der Waals surface area contributed by atoms with Crippen molar-refractivity contribution < 1.29 is 14.3 Å². The standard InChI is InChI=1S/C18H25NO3/c1-12(2)21-17-7-5-15(6-8-17)18(20)11-19-10-16-9-13(3)22-14(16)4/h5-9,12,18-20H,10-11H2,1-4H3. The van der Waals surface area contributed by atoms with Gasteiger partial charge in [0, 0.05) is 18.7 Å². The fourth-order valence-corrected chi connectivity index (χ4v) is 2.36. The van der Waals surface area contributed by atoms with E-state index in [1.165, 1.54) is 0 Å². The monoisotopic (exact) mass is 303 g/mol. The Bertz CT molecular complexity index is 587. The molecule has 0 bridgehead atoms. The van der Waals surface area contributed by atoms with Crippen LogP contribution in [0.3, 0.4) is 0 Å². The lowest BCUT2D eigenvalue weighted by atomic mass is 10.1. The first kappa shape index (κ1) is 16.6. The van der Waals surface area contributed by atoms with Crippen molar-refractivity contribution in [2.24, 2.45) is 0 Å². The number of benzene rings is 1. The summed E-state index contributed by atoms with van der Waals surface area (Å²) in [5.41, 5.74) is 2.01. The van der Waals surface area contributed by atoms with Gasteiger partial charge in [0.15, 0.2) is 0 Å². The number of nitrogens with one attached hydrogen (secondary N) is 1. The fourth-order valence-electron chi connectivity index (χ4n) is 2.36. The Hall–Kier alpha value is -1.78. The lowest BCUT2D eigenvalue weighted by Gasteiger charge is -2.14. The Morgan fingerprint density at radius 1 is 1.18 bits per heavy atom. The molecule has 2 aromatic rings. The van der Waals surface area contributed by atoms with Crippen LogP contribution in [0.1, 0.15) is 42.6 Å². The maximum Gasteiger partial charge on any atom is 0.119 e. The highest BCUT2D eigenvalue weighted by molar-refractivity contribution is 5.29. The van der Waals surface area contributed by atoms with Gasteiger partial charge in [-0.05, 0) is 51.5 Å². The number of ether oxygens (including phenoxy) is 1. The predicted molar refractivity (Wildman–Crippen MR) is 87.1 cm³/mol. The number of hydrogen-bond donors (Lipinski definition) is 2. The molecule has 1 unspecified atom stereocenters. The number of aryl methyl sites for hydroxylation is 2. The number of aliphatic hydroxyl groups excluding tert-OH is 1. The SMILES string of the molecule is Cc1cc(CNCC(O)c2ccc(OC(C)C)cc2)c(C)o1. The molecule has 4 nitrogen and oxygen atoms in total. The summed E-state index contributed by atoms with van der Waals surface area (Å²) in [6, 6.07) is 9.60. The molecule has 0 saturated carbocycles. The fraction of sp³-hybridized carbons (Fsp3) is 0.444. The lowest BCUT2D eigenvalue weighted by Crippen LogP contribution is -2.21. The van der Waals surface area contributed by atoms with Crippen LogP contribution in [0.15, 0.2) is 34.7 Å². The molecule has 0 amide bonds. The van der Waals surface area contributed by atoms with Gasteiger partial charge < -0.3 is 19.6 Å². The third kappa shape index (κ3) is 4.61. The smallest absolute Gasteiger partial charge is 0.119 e. The van der Waals surface area contributed by atoms with Crippen LogP contribution in [0.2, 0.25) is 0 Å². The van der Waals surface area contributed by atoms with E-state index < -0.39 is 6.10 Å². The first-order chi connectivity index (χ1) is 10.5. The second-order valence-electron chi connectivity index (χ2n) is 5.82. The molecular weight excluding hydrogens is 278 g/mol. The number of hydrogen-bond acceptors (Lipinski definition) is 4. The zero-order valence-corrected chi connectivity index (χ0v) is 13.7. The summed E-state index contributed by atoms with van der Waals surface area (Å²) in [5, 5.41) is 13.5. The zero-order valence-electron chi connectivity index (χ0n) is 13.7. The summed E-state index contributed by atoms with van der Waals surface area (Å²) in [4.78, 5) is 0. The van der Waals surface area contributed by atoms with Crippen molar-refractivity contribution >= 4 is 0 Å². The normalized spacial score (nSPS) is 12.6. The van der Waals surface area contributed by atoms with Gasteiger partial charge in [0.25, 0.3) is 0 Å². The van der Waals surface area contributed by atoms with E-state index in [0.717, 1.165) is 28.4 Å². The Kier molecular flexibility index (Phi) is 5.63. The van der Waals surface area contributed by atoms with E-state index in [4.69, 9.17) is 9.15 Å². The van der Waals surface area contributed by atoms with E-state index >= 15 is 0 Å². The Morgan fingerprint density at radius 3 is 2.41 bits per heavy atom. The van der Waals surface area contributed by atoms with Gasteiger partial charge in [-0.1, -0.05) is 12.1 Å². The van der Waals surface area contributed by atoms with E-state index in [1.807, 2.05) is 58.0 Å². The molecule has 1 aromatic heterocycles. The topological polar surface area (TPSA) is 54.6 Å². The number of rotatable bonds is 7. The van der Waals surface area contributed by atoms with Crippen LogP contribution < -0.4 is 10.1 Å². The van der Waals surface area contributed by atoms with E-state index in [-0.39, 0.29) is 6.10 Å². The largest absolute Gasteiger partial charge is 0.491 e. The van der Waals surface area contributed by atoms with Gasteiger partial charge in [-0.25, -0.2) is 0 Å². The van der Waals surface area contributed by atoms with Crippen LogP contribution in [0, 0.1) is 13.8 Å². The van der Waals surface area contributed by atoms with Crippen LogP contribution in [0.5, 0.6) is 5.75 Å². The highest BCUT2D eigenvalue weighted by atomic mass is 16.5. The summed E-state index contributed by atoms with van der Waals surface area (Å²) >= 11 is 0. The molecule has 0 saturated heterocycles. The van der Waals surface area contributed by atoms with E-state index in [2.05, 4.69) is 5.32 Å². The molecule has 1 heterocycles. The van der Waals surface area contributed by atoms with Crippen LogP contribution in [0.4, 0.5) is 0 Å². The molecule has 0 aliphatic heterocycles. The Labute approximate surface area is 132 Å². The third-order valence-electron chi connectivity index (χ3n) is 3.43. The molecule has 2 N–H and O–H groups in total. The molecular formula is C18H25NO3. The Morgan fingerprint density at radius 2 is 1.86 bits per heavy atom. The molecule has 22 heavy (non-hydrogen) atoms. The number of aliphatic hydroxyl groups is 1. The van der Waals surface area contributed by atoms with Crippen molar-refractivity contribution in [1.82, 2.24) is 5.32 Å². The maximum absolute atomic E-state index is 10.2. The number of furan rings is 1. The summed E-state index contributed by atoms with van der Waals surface area (Å²) in [5.74, 6) is 2.66. The Balaban J connectivity index is 1.84. The average molecular weight is 303 g/mol. The summed E-state index contributed by atoms with van der Waals surface area (Å²) in [6.45, 7) is 9.06. The molecule has 120 valence electrons. The van der Waals surface area contributed by atoms with Gasteiger partial charge in [-0.3, -0.25) is 0 Å². The highest BCUT2D eigenvalue weighted by Crippen LogP contribution is 2.19. The van der Waals surface area contributed by atoms with Crippen molar-refractivity contribution in [3.8, 4) is 5.75 Å². The van der Waals surface area contributed by atoms with Gasteiger partial charge in [0.2, 0.25) is 0 Å². The predicted octanol–water partition coefficient (Wildman–Crippen LogP) is 3.51. The lowest BCUT2D eigenvalue weighted by molar-refractivity contribution is 0.174. The molecule has 1 atom stereocenters. The first-order valence-electron chi connectivity index (χ1n) is 7.67. The molecule has 2 rings (SSSR count). The second kappa shape index (κ2) is 7.47. The molecule has 0 fully saturated rings. The molecule has 0 spiro atoms. The van der Waals surface area contributed by atoms with Crippen molar-refractivity contribution in [2.45, 2.75) is 46.4 Å². The van der Waals surface area contributed by atoms with E-state index in [9.17, 15) is 5.11 Å². The maximum atomic E-state index is 10.2. The van der Waals surface area contributed by atoms with Gasteiger partial charge in [-0.2, -0.15) is 0 Å². The zero-order chi connectivity index (χ0) is 16.1. The molecule has 4 heteroatoms. The minimum atomic E-state index is -0.540. The van der Waals surface area contributed by atoms with Crippen molar-refractivity contribution in [3.05, 3.63) is 53.0 Å². The summed E-state index contributed by atoms with van der Waals surface area (Å²) in [7, 11) is 0. The average Bonchev–Trinajstić information content (AvgIpc) is 2.77. The van der Waals surface area contributed by atoms with Crippen LogP contribution in [0.25, 0.3) is 0 Å². The van der Waals surface area contributed by atoms with Crippen molar-refractivity contribution in [1.29, 1.82) is 0 Å². The van der Waals surface area contributed by atoms with Gasteiger partial charge in [-0.15, -0.1) is 0 Å². The van der Waals surface area contributed by atoms with Crippen LogP contribution >= 0.6 is 0 Å². The molecule has 0 aliphatic rings. The van der Waals surface area contributed by atoms with E-state index in [1.54, 1.807) is 0 Å².